The van der Waals surface area contributed by atoms with Gasteiger partial charge in [0.1, 0.15) is 5.75 Å². The van der Waals surface area contributed by atoms with Gasteiger partial charge in [-0.05, 0) is 24.1 Å². The number of amides is 1. The van der Waals surface area contributed by atoms with E-state index in [-0.39, 0.29) is 11.8 Å². The van der Waals surface area contributed by atoms with Crippen LogP contribution in [-0.4, -0.2) is 38.1 Å². The van der Waals surface area contributed by atoms with Gasteiger partial charge in [0.2, 0.25) is 5.91 Å². The summed E-state index contributed by atoms with van der Waals surface area (Å²) in [6.07, 6.45) is 0. The van der Waals surface area contributed by atoms with Crippen LogP contribution in [0.3, 0.4) is 0 Å². The molecule has 4 heteroatoms. The van der Waals surface area contributed by atoms with Crippen molar-refractivity contribution in [3.8, 4) is 5.75 Å². The van der Waals surface area contributed by atoms with E-state index in [1.165, 1.54) is 0 Å². The Morgan fingerprint density at radius 2 is 2.22 bits per heavy atom. The lowest BCUT2D eigenvalue weighted by Gasteiger charge is -2.30. The summed E-state index contributed by atoms with van der Waals surface area (Å²) >= 11 is 0. The molecule has 0 unspecified atom stereocenters. The molecule has 98 valence electrons. The molecule has 1 aliphatic rings. The molecule has 1 saturated heterocycles. The number of rotatable bonds is 4. The van der Waals surface area contributed by atoms with Gasteiger partial charge in [0, 0.05) is 26.7 Å². The molecule has 0 radical (unpaired) electrons. The van der Waals surface area contributed by atoms with Gasteiger partial charge in [0.25, 0.3) is 0 Å². The van der Waals surface area contributed by atoms with Gasteiger partial charge in [-0.15, -0.1) is 0 Å². The van der Waals surface area contributed by atoms with Crippen molar-refractivity contribution in [3.63, 3.8) is 0 Å². The first kappa shape index (κ1) is 12.9. The van der Waals surface area contributed by atoms with Crippen LogP contribution >= 0.6 is 0 Å². The first-order chi connectivity index (χ1) is 8.61. The van der Waals surface area contributed by atoms with Gasteiger partial charge < -0.3 is 15.0 Å². The molecule has 1 fully saturated rings. The number of carbonyl (C=O) groups excluding carboxylic acids is 1. The van der Waals surface area contributed by atoms with E-state index >= 15 is 0 Å². The lowest BCUT2D eigenvalue weighted by atomic mass is 10.0. The standard InChI is InChI=1S/C14H20N2O2/c1-10-6-11(4-5-13(10)18-3)9-16(2)14(17)12-7-15-8-12/h4-6,12,15H,7-9H2,1-3H3. The molecular weight excluding hydrogens is 228 g/mol. The van der Waals surface area contributed by atoms with Crippen LogP contribution in [0.4, 0.5) is 0 Å². The second-order valence-corrected chi connectivity index (χ2v) is 4.85. The number of carbonyl (C=O) groups is 1. The molecule has 0 aliphatic carbocycles. The van der Waals surface area contributed by atoms with Crippen molar-refractivity contribution in [2.75, 3.05) is 27.2 Å². The zero-order valence-corrected chi connectivity index (χ0v) is 11.2. The second-order valence-electron chi connectivity index (χ2n) is 4.85. The Hall–Kier alpha value is -1.55. The third kappa shape index (κ3) is 2.64. The first-order valence-corrected chi connectivity index (χ1v) is 6.21. The van der Waals surface area contributed by atoms with Crippen molar-refractivity contribution in [1.82, 2.24) is 10.2 Å². The predicted molar refractivity (Wildman–Crippen MR) is 70.6 cm³/mol. The number of hydrogen-bond donors (Lipinski definition) is 1. The highest BCUT2D eigenvalue weighted by atomic mass is 16.5. The van der Waals surface area contributed by atoms with Crippen LogP contribution in [0.25, 0.3) is 0 Å². The Morgan fingerprint density at radius 3 is 2.72 bits per heavy atom. The third-order valence-electron chi connectivity index (χ3n) is 3.39. The highest BCUT2D eigenvalue weighted by Crippen LogP contribution is 2.19. The highest BCUT2D eigenvalue weighted by molar-refractivity contribution is 5.79. The van der Waals surface area contributed by atoms with Gasteiger partial charge in [0.05, 0.1) is 13.0 Å². The van der Waals surface area contributed by atoms with E-state index in [2.05, 4.69) is 11.4 Å². The molecule has 1 heterocycles. The number of hydrogen-bond acceptors (Lipinski definition) is 3. The minimum atomic E-state index is 0.161. The van der Waals surface area contributed by atoms with E-state index in [0.717, 1.165) is 30.0 Å². The summed E-state index contributed by atoms with van der Waals surface area (Å²) in [5.74, 6) is 1.27. The van der Waals surface area contributed by atoms with E-state index in [9.17, 15) is 4.79 Å². The fraction of sp³-hybridized carbons (Fsp3) is 0.500. The smallest absolute Gasteiger partial charge is 0.228 e. The van der Waals surface area contributed by atoms with E-state index in [4.69, 9.17) is 4.74 Å². The van der Waals surface area contributed by atoms with E-state index in [0.29, 0.717) is 6.54 Å². The number of ether oxygens (including phenoxy) is 1. The monoisotopic (exact) mass is 248 g/mol. The van der Waals surface area contributed by atoms with Crippen molar-refractivity contribution in [2.24, 2.45) is 5.92 Å². The van der Waals surface area contributed by atoms with Gasteiger partial charge in [-0.1, -0.05) is 12.1 Å². The summed E-state index contributed by atoms with van der Waals surface area (Å²) in [7, 11) is 3.53. The van der Waals surface area contributed by atoms with E-state index < -0.39 is 0 Å². The van der Waals surface area contributed by atoms with Crippen LogP contribution in [-0.2, 0) is 11.3 Å². The van der Waals surface area contributed by atoms with Gasteiger partial charge in [-0.3, -0.25) is 4.79 Å². The number of benzene rings is 1. The van der Waals surface area contributed by atoms with Gasteiger partial charge in [-0.25, -0.2) is 0 Å². The Kier molecular flexibility index (Phi) is 3.87. The molecule has 18 heavy (non-hydrogen) atoms. The summed E-state index contributed by atoms with van der Waals surface area (Å²) in [6, 6.07) is 6.03. The number of nitrogens with one attached hydrogen (secondary N) is 1. The summed E-state index contributed by atoms with van der Waals surface area (Å²) in [5, 5.41) is 3.12. The Balaban J connectivity index is 2.00. The normalized spacial score (nSPS) is 15.1. The lowest BCUT2D eigenvalue weighted by molar-refractivity contribution is -0.136. The average Bonchev–Trinajstić information content (AvgIpc) is 2.26. The molecule has 1 aromatic rings. The predicted octanol–water partition coefficient (Wildman–Crippen LogP) is 1.18. The Morgan fingerprint density at radius 1 is 1.50 bits per heavy atom. The Bertz CT molecular complexity index is 441. The first-order valence-electron chi connectivity index (χ1n) is 6.21. The van der Waals surface area contributed by atoms with Crippen molar-refractivity contribution in [3.05, 3.63) is 29.3 Å². The van der Waals surface area contributed by atoms with Crippen molar-refractivity contribution in [1.29, 1.82) is 0 Å². The maximum absolute atomic E-state index is 12.0. The molecule has 4 nitrogen and oxygen atoms in total. The zero-order valence-electron chi connectivity index (χ0n) is 11.2. The summed E-state index contributed by atoms with van der Waals surface area (Å²) in [4.78, 5) is 13.8. The molecule has 2 rings (SSSR count). The van der Waals surface area contributed by atoms with Crippen molar-refractivity contribution < 1.29 is 9.53 Å². The average molecular weight is 248 g/mol. The van der Waals surface area contributed by atoms with Crippen LogP contribution in [0.2, 0.25) is 0 Å². The molecule has 1 aliphatic heterocycles. The summed E-state index contributed by atoms with van der Waals surface area (Å²) in [6.45, 7) is 4.29. The van der Waals surface area contributed by atoms with Crippen molar-refractivity contribution in [2.45, 2.75) is 13.5 Å². The molecule has 0 atom stereocenters. The molecular formula is C14H20N2O2. The van der Waals surface area contributed by atoms with Crippen LogP contribution in [0.15, 0.2) is 18.2 Å². The number of aryl methyl sites for hydroxylation is 1. The topological polar surface area (TPSA) is 41.6 Å². The van der Waals surface area contributed by atoms with Gasteiger partial charge >= 0.3 is 0 Å². The fourth-order valence-electron chi connectivity index (χ4n) is 2.17. The third-order valence-corrected chi connectivity index (χ3v) is 3.39. The second kappa shape index (κ2) is 5.40. The van der Waals surface area contributed by atoms with E-state index in [1.807, 2.05) is 26.1 Å². The molecule has 0 aromatic heterocycles. The zero-order chi connectivity index (χ0) is 13.1. The van der Waals surface area contributed by atoms with Crippen molar-refractivity contribution >= 4 is 5.91 Å². The van der Waals surface area contributed by atoms with Crippen LogP contribution < -0.4 is 10.1 Å². The van der Waals surface area contributed by atoms with Gasteiger partial charge in [0.15, 0.2) is 0 Å². The maximum Gasteiger partial charge on any atom is 0.228 e. The molecule has 1 N–H and O–H groups in total. The lowest BCUT2D eigenvalue weighted by Crippen LogP contribution is -2.50. The molecule has 0 bridgehead atoms. The number of nitrogens with zero attached hydrogens (tertiary/aromatic N) is 1. The quantitative estimate of drug-likeness (QED) is 0.870. The summed E-state index contributed by atoms with van der Waals surface area (Å²) < 4.78 is 5.23. The number of methoxy groups -OCH3 is 1. The van der Waals surface area contributed by atoms with E-state index in [1.54, 1.807) is 12.0 Å². The summed E-state index contributed by atoms with van der Waals surface area (Å²) in [5.41, 5.74) is 2.23. The fourth-order valence-corrected chi connectivity index (χ4v) is 2.17. The molecule has 1 aromatic carbocycles. The minimum absolute atomic E-state index is 0.161. The molecule has 0 saturated carbocycles. The SMILES string of the molecule is COc1ccc(CN(C)C(=O)C2CNC2)cc1C. The largest absolute Gasteiger partial charge is 0.496 e. The van der Waals surface area contributed by atoms with Gasteiger partial charge in [-0.2, -0.15) is 0 Å². The molecule has 0 spiro atoms. The highest BCUT2D eigenvalue weighted by Gasteiger charge is 2.27. The maximum atomic E-state index is 12.0. The van der Waals surface area contributed by atoms with Crippen LogP contribution in [0.5, 0.6) is 5.75 Å². The van der Waals surface area contributed by atoms with Crippen LogP contribution in [0, 0.1) is 12.8 Å². The Labute approximate surface area is 108 Å². The minimum Gasteiger partial charge on any atom is -0.496 e. The van der Waals surface area contributed by atoms with Crippen LogP contribution in [0.1, 0.15) is 11.1 Å². The molecule has 1 amide bonds.